The van der Waals surface area contributed by atoms with Gasteiger partial charge in [-0.05, 0) is 24.6 Å². The van der Waals surface area contributed by atoms with Crippen molar-refractivity contribution in [2.75, 3.05) is 6.61 Å². The highest BCUT2D eigenvalue weighted by Crippen LogP contribution is 2.17. The van der Waals surface area contributed by atoms with E-state index in [0.717, 1.165) is 11.3 Å². The molecule has 3 nitrogen and oxygen atoms in total. The first-order valence-electron chi connectivity index (χ1n) is 4.63. The molecule has 0 saturated carbocycles. The lowest BCUT2D eigenvalue weighted by Crippen LogP contribution is -2.08. The van der Waals surface area contributed by atoms with Crippen LogP contribution in [0, 0.1) is 11.3 Å². The largest absolute Gasteiger partial charge is 0.494 e. The molecule has 0 heterocycles. The normalized spacial score (nSPS) is 11.0. The minimum atomic E-state index is -0.198. The first-order chi connectivity index (χ1) is 6.77. The van der Waals surface area contributed by atoms with Gasteiger partial charge in [0.15, 0.2) is 0 Å². The summed E-state index contributed by atoms with van der Waals surface area (Å²) in [5.41, 5.74) is 6.73. The van der Waals surface area contributed by atoms with Crippen molar-refractivity contribution in [3.05, 3.63) is 29.8 Å². The van der Waals surface area contributed by atoms with E-state index in [2.05, 4.69) is 0 Å². The van der Waals surface area contributed by atoms with Crippen molar-refractivity contribution < 1.29 is 4.74 Å². The maximum atomic E-state index is 8.48. The molecule has 1 aromatic carbocycles. The summed E-state index contributed by atoms with van der Waals surface area (Å²) in [5.74, 6) is 0.834. The van der Waals surface area contributed by atoms with Gasteiger partial charge in [-0.2, -0.15) is 5.26 Å². The Morgan fingerprint density at radius 2 is 2.00 bits per heavy atom. The van der Waals surface area contributed by atoms with E-state index >= 15 is 0 Å². The smallest absolute Gasteiger partial charge is 0.119 e. The van der Waals surface area contributed by atoms with Crippen LogP contribution in [-0.4, -0.2) is 6.61 Å². The molecule has 0 spiro atoms. The Kier molecular flexibility index (Phi) is 6.52. The Bertz CT molecular complexity index is 318. The topological polar surface area (TPSA) is 59.0 Å². The van der Waals surface area contributed by atoms with Crippen molar-refractivity contribution in [3.8, 4) is 11.8 Å². The molecule has 0 unspecified atom stereocenters. The van der Waals surface area contributed by atoms with Crippen LogP contribution < -0.4 is 10.5 Å². The number of nitrogens with zero attached hydrogens (tertiary/aromatic N) is 1. The molecule has 4 heteroatoms. The van der Waals surface area contributed by atoms with Gasteiger partial charge < -0.3 is 10.5 Å². The molecular weight excluding hydrogens is 212 g/mol. The second-order valence-electron chi connectivity index (χ2n) is 2.97. The van der Waals surface area contributed by atoms with Gasteiger partial charge in [0.2, 0.25) is 0 Å². The van der Waals surface area contributed by atoms with Gasteiger partial charge in [-0.25, -0.2) is 0 Å². The summed E-state index contributed by atoms with van der Waals surface area (Å²) in [7, 11) is 0. The fourth-order valence-electron chi connectivity index (χ4n) is 1.19. The van der Waals surface area contributed by atoms with E-state index in [9.17, 15) is 0 Å². The van der Waals surface area contributed by atoms with Gasteiger partial charge in [-0.15, -0.1) is 12.4 Å². The van der Waals surface area contributed by atoms with E-state index in [0.29, 0.717) is 13.0 Å². The third-order valence-corrected chi connectivity index (χ3v) is 1.93. The summed E-state index contributed by atoms with van der Waals surface area (Å²) in [6.45, 7) is 2.60. The Labute approximate surface area is 96.3 Å². The summed E-state index contributed by atoms with van der Waals surface area (Å²) in [6, 6.07) is 9.38. The second-order valence-corrected chi connectivity index (χ2v) is 2.97. The van der Waals surface area contributed by atoms with Gasteiger partial charge in [0, 0.05) is 6.04 Å². The minimum Gasteiger partial charge on any atom is -0.494 e. The van der Waals surface area contributed by atoms with Gasteiger partial charge in [0.25, 0.3) is 0 Å². The Morgan fingerprint density at radius 1 is 1.40 bits per heavy atom. The number of nitrogens with two attached hydrogens (primary N) is 1. The standard InChI is InChI=1S/C11H14N2O.ClH/c1-2-14-10-5-3-9(4-6-10)11(13)7-8-12;/h3-6,11H,2,7,13H2,1H3;1H/t11-;/m1./s1. The lowest BCUT2D eigenvalue weighted by molar-refractivity contribution is 0.340. The monoisotopic (exact) mass is 226 g/mol. The molecule has 82 valence electrons. The van der Waals surface area contributed by atoms with Crippen LogP contribution in [0.5, 0.6) is 5.75 Å². The lowest BCUT2D eigenvalue weighted by atomic mass is 10.1. The molecule has 0 amide bonds. The fourth-order valence-corrected chi connectivity index (χ4v) is 1.19. The lowest BCUT2D eigenvalue weighted by Gasteiger charge is -2.08. The van der Waals surface area contributed by atoms with E-state index in [-0.39, 0.29) is 18.4 Å². The zero-order valence-corrected chi connectivity index (χ0v) is 9.46. The van der Waals surface area contributed by atoms with Crippen molar-refractivity contribution in [2.45, 2.75) is 19.4 Å². The summed E-state index contributed by atoms with van der Waals surface area (Å²) in [6.07, 6.45) is 0.341. The molecule has 0 radical (unpaired) electrons. The van der Waals surface area contributed by atoms with Gasteiger partial charge in [0.05, 0.1) is 19.1 Å². The van der Waals surface area contributed by atoms with E-state index in [1.54, 1.807) is 0 Å². The van der Waals surface area contributed by atoms with Crippen LogP contribution in [0.25, 0.3) is 0 Å². The van der Waals surface area contributed by atoms with E-state index in [1.165, 1.54) is 0 Å². The van der Waals surface area contributed by atoms with E-state index < -0.39 is 0 Å². The van der Waals surface area contributed by atoms with Gasteiger partial charge in [-0.3, -0.25) is 0 Å². The van der Waals surface area contributed by atoms with Gasteiger partial charge in [-0.1, -0.05) is 12.1 Å². The van der Waals surface area contributed by atoms with Crippen molar-refractivity contribution in [1.29, 1.82) is 5.26 Å². The highest BCUT2D eigenvalue weighted by molar-refractivity contribution is 5.85. The molecule has 15 heavy (non-hydrogen) atoms. The number of hydrogen-bond acceptors (Lipinski definition) is 3. The first-order valence-corrected chi connectivity index (χ1v) is 4.63. The fraction of sp³-hybridized carbons (Fsp3) is 0.364. The number of halogens is 1. The molecule has 1 aromatic rings. The molecule has 0 aromatic heterocycles. The van der Waals surface area contributed by atoms with Crippen LogP contribution in [0.15, 0.2) is 24.3 Å². The number of nitriles is 1. The maximum Gasteiger partial charge on any atom is 0.119 e. The molecule has 0 fully saturated rings. The van der Waals surface area contributed by atoms with E-state index in [4.69, 9.17) is 15.7 Å². The highest BCUT2D eigenvalue weighted by atomic mass is 35.5. The molecule has 0 aliphatic heterocycles. The first kappa shape index (κ1) is 13.8. The van der Waals surface area contributed by atoms with Crippen LogP contribution in [0.4, 0.5) is 0 Å². The number of rotatable bonds is 4. The second kappa shape index (κ2) is 7.10. The quantitative estimate of drug-likeness (QED) is 0.858. The average Bonchev–Trinajstić information content (AvgIpc) is 2.20. The Hall–Kier alpha value is -1.24. The van der Waals surface area contributed by atoms with Gasteiger partial charge in [0.1, 0.15) is 5.75 Å². The molecule has 1 atom stereocenters. The summed E-state index contributed by atoms with van der Waals surface area (Å²) < 4.78 is 5.29. The van der Waals surface area contributed by atoms with Crippen molar-refractivity contribution in [3.63, 3.8) is 0 Å². The number of ether oxygens (including phenoxy) is 1. The molecule has 0 aliphatic rings. The van der Waals surface area contributed by atoms with Crippen LogP contribution >= 0.6 is 12.4 Å². The summed E-state index contributed by atoms with van der Waals surface area (Å²) in [5, 5.41) is 8.48. The Morgan fingerprint density at radius 3 is 2.47 bits per heavy atom. The van der Waals surface area contributed by atoms with E-state index in [1.807, 2.05) is 37.3 Å². The molecule has 0 aliphatic carbocycles. The zero-order chi connectivity index (χ0) is 10.4. The highest BCUT2D eigenvalue weighted by Gasteiger charge is 2.04. The van der Waals surface area contributed by atoms with Crippen LogP contribution in [0.1, 0.15) is 24.9 Å². The predicted octanol–water partition coefficient (Wildman–Crippen LogP) is 2.42. The SMILES string of the molecule is CCOc1ccc([C@H](N)CC#N)cc1.Cl. The van der Waals surface area contributed by atoms with Crippen LogP contribution in [-0.2, 0) is 0 Å². The van der Waals surface area contributed by atoms with Crippen molar-refractivity contribution in [2.24, 2.45) is 5.73 Å². The molecule has 0 bridgehead atoms. The third-order valence-electron chi connectivity index (χ3n) is 1.93. The molecular formula is C11H15ClN2O. The Balaban J connectivity index is 0.00000196. The maximum absolute atomic E-state index is 8.48. The van der Waals surface area contributed by atoms with Crippen molar-refractivity contribution in [1.82, 2.24) is 0 Å². The predicted molar refractivity (Wildman–Crippen MR) is 62.0 cm³/mol. The minimum absolute atomic E-state index is 0. The van der Waals surface area contributed by atoms with Gasteiger partial charge >= 0.3 is 0 Å². The summed E-state index contributed by atoms with van der Waals surface area (Å²) in [4.78, 5) is 0. The molecule has 2 N–H and O–H groups in total. The number of benzene rings is 1. The molecule has 1 rings (SSSR count). The zero-order valence-electron chi connectivity index (χ0n) is 8.64. The van der Waals surface area contributed by atoms with Crippen LogP contribution in [0.3, 0.4) is 0 Å². The molecule has 0 saturated heterocycles. The van der Waals surface area contributed by atoms with Crippen molar-refractivity contribution >= 4 is 12.4 Å². The average molecular weight is 227 g/mol. The number of hydrogen-bond donors (Lipinski definition) is 1. The summed E-state index contributed by atoms with van der Waals surface area (Å²) >= 11 is 0. The third kappa shape index (κ3) is 4.20. The van der Waals surface area contributed by atoms with Crippen LogP contribution in [0.2, 0.25) is 0 Å².